The van der Waals surface area contributed by atoms with E-state index in [1.807, 2.05) is 25.1 Å². The fourth-order valence-electron chi connectivity index (χ4n) is 3.26. The molecule has 4 aromatic rings. The number of furan rings is 1. The first-order valence-corrected chi connectivity index (χ1v) is 10.9. The van der Waals surface area contributed by atoms with Crippen LogP contribution < -0.4 is 10.1 Å². The second kappa shape index (κ2) is 9.94. The molecule has 0 aliphatic rings. The maximum Gasteiger partial charge on any atom is 0.291 e. The number of hydrogen-bond acceptors (Lipinski definition) is 4. The Balaban J connectivity index is 1.49. The summed E-state index contributed by atoms with van der Waals surface area (Å²) < 4.78 is 11.4. The first-order valence-electron chi connectivity index (χ1n) is 10.1. The zero-order chi connectivity index (χ0) is 23.4. The van der Waals surface area contributed by atoms with Gasteiger partial charge in [-0.3, -0.25) is 9.59 Å². The number of para-hydroxylation sites is 1. The Morgan fingerprint density at radius 3 is 2.48 bits per heavy atom. The van der Waals surface area contributed by atoms with Crippen LogP contribution in [-0.4, -0.2) is 11.7 Å². The highest BCUT2D eigenvalue weighted by atomic mass is 35.5. The molecule has 0 radical (unpaired) electrons. The average Bonchev–Trinajstić information content (AvgIpc) is 3.29. The lowest BCUT2D eigenvalue weighted by atomic mass is 10.0. The van der Waals surface area contributed by atoms with Gasteiger partial charge in [0.05, 0.1) is 10.7 Å². The van der Waals surface area contributed by atoms with E-state index < -0.39 is 5.91 Å². The SMILES string of the molecule is Cc1cccc(Cl)c1OCc1ccc(C(=O)Nc2ccc(Cl)cc2C(=O)c2ccccc2)o1. The van der Waals surface area contributed by atoms with Gasteiger partial charge < -0.3 is 14.5 Å². The number of nitrogens with one attached hydrogen (secondary N) is 1. The van der Waals surface area contributed by atoms with Gasteiger partial charge in [0, 0.05) is 16.1 Å². The maximum atomic E-state index is 13.0. The van der Waals surface area contributed by atoms with Crippen LogP contribution >= 0.6 is 23.2 Å². The molecule has 0 fully saturated rings. The van der Waals surface area contributed by atoms with Gasteiger partial charge in [0.2, 0.25) is 0 Å². The molecule has 0 spiro atoms. The van der Waals surface area contributed by atoms with Crippen LogP contribution in [0.3, 0.4) is 0 Å². The largest absolute Gasteiger partial charge is 0.484 e. The number of ketones is 1. The molecule has 0 aliphatic carbocycles. The number of anilines is 1. The van der Waals surface area contributed by atoms with Crippen molar-refractivity contribution in [2.75, 3.05) is 5.32 Å². The molecule has 0 atom stereocenters. The van der Waals surface area contributed by atoms with Crippen molar-refractivity contribution >= 4 is 40.6 Å². The first kappa shape index (κ1) is 22.6. The molecule has 4 rings (SSSR count). The van der Waals surface area contributed by atoms with E-state index >= 15 is 0 Å². The number of amides is 1. The van der Waals surface area contributed by atoms with Gasteiger partial charge in [-0.15, -0.1) is 0 Å². The summed E-state index contributed by atoms with van der Waals surface area (Å²) in [4.78, 5) is 25.8. The molecule has 0 unspecified atom stereocenters. The number of benzene rings is 3. The Morgan fingerprint density at radius 1 is 0.939 bits per heavy atom. The van der Waals surface area contributed by atoms with Crippen LogP contribution in [0.1, 0.15) is 37.8 Å². The summed E-state index contributed by atoms with van der Waals surface area (Å²) in [6, 6.07) is 22.2. The molecule has 33 heavy (non-hydrogen) atoms. The molecule has 5 nitrogen and oxygen atoms in total. The monoisotopic (exact) mass is 479 g/mol. The summed E-state index contributed by atoms with van der Waals surface area (Å²) in [7, 11) is 0. The van der Waals surface area contributed by atoms with Crippen molar-refractivity contribution < 1.29 is 18.7 Å². The van der Waals surface area contributed by atoms with Gasteiger partial charge in [-0.2, -0.15) is 0 Å². The molecular formula is C26H19Cl2NO4. The lowest BCUT2D eigenvalue weighted by Gasteiger charge is -2.11. The second-order valence-electron chi connectivity index (χ2n) is 7.28. The van der Waals surface area contributed by atoms with E-state index in [4.69, 9.17) is 32.4 Å². The Labute approximate surface area is 200 Å². The fraction of sp³-hybridized carbons (Fsp3) is 0.0769. The van der Waals surface area contributed by atoms with Crippen LogP contribution in [0, 0.1) is 6.92 Å². The molecule has 1 N–H and O–H groups in total. The Kier molecular flexibility index (Phi) is 6.82. The third-order valence-corrected chi connectivity index (χ3v) is 5.45. The number of rotatable bonds is 7. The van der Waals surface area contributed by atoms with Crippen molar-refractivity contribution in [3.05, 3.63) is 117 Å². The highest BCUT2D eigenvalue weighted by Crippen LogP contribution is 2.29. The van der Waals surface area contributed by atoms with E-state index in [0.717, 1.165) is 5.56 Å². The summed E-state index contributed by atoms with van der Waals surface area (Å²) in [6.07, 6.45) is 0. The topological polar surface area (TPSA) is 68.5 Å². The number of carbonyl (C=O) groups excluding carboxylic acids is 2. The van der Waals surface area contributed by atoms with E-state index in [1.54, 1.807) is 54.6 Å². The van der Waals surface area contributed by atoms with Crippen molar-refractivity contribution in [1.82, 2.24) is 0 Å². The molecule has 1 amide bonds. The molecule has 0 bridgehead atoms. The highest BCUT2D eigenvalue weighted by Gasteiger charge is 2.18. The van der Waals surface area contributed by atoms with Gasteiger partial charge in [-0.05, 0) is 48.9 Å². The number of ether oxygens (including phenoxy) is 1. The summed E-state index contributed by atoms with van der Waals surface area (Å²) in [5, 5.41) is 3.62. The molecule has 0 aliphatic heterocycles. The molecule has 0 saturated heterocycles. The van der Waals surface area contributed by atoms with Crippen LogP contribution in [0.4, 0.5) is 5.69 Å². The molecule has 7 heteroatoms. The highest BCUT2D eigenvalue weighted by molar-refractivity contribution is 6.32. The minimum Gasteiger partial charge on any atom is -0.484 e. The summed E-state index contributed by atoms with van der Waals surface area (Å²) in [5.41, 5.74) is 2.00. The zero-order valence-corrected chi connectivity index (χ0v) is 19.1. The van der Waals surface area contributed by atoms with Gasteiger partial charge >= 0.3 is 0 Å². The predicted molar refractivity (Wildman–Crippen MR) is 129 cm³/mol. The van der Waals surface area contributed by atoms with Crippen molar-refractivity contribution in [1.29, 1.82) is 0 Å². The van der Waals surface area contributed by atoms with Crippen molar-refractivity contribution in [3.63, 3.8) is 0 Å². The van der Waals surface area contributed by atoms with E-state index in [0.29, 0.717) is 32.8 Å². The molecule has 0 saturated carbocycles. The van der Waals surface area contributed by atoms with Gasteiger partial charge in [-0.1, -0.05) is 65.7 Å². The summed E-state index contributed by atoms with van der Waals surface area (Å²) in [6.45, 7) is 2.00. The lowest BCUT2D eigenvalue weighted by Crippen LogP contribution is -2.14. The van der Waals surface area contributed by atoms with Crippen molar-refractivity contribution in [2.45, 2.75) is 13.5 Å². The van der Waals surface area contributed by atoms with Crippen LogP contribution in [0.5, 0.6) is 5.75 Å². The number of hydrogen-bond donors (Lipinski definition) is 1. The molecule has 3 aromatic carbocycles. The van der Waals surface area contributed by atoms with Gasteiger partial charge in [-0.25, -0.2) is 0 Å². The van der Waals surface area contributed by atoms with Gasteiger partial charge in [0.25, 0.3) is 5.91 Å². The third kappa shape index (κ3) is 5.28. The minimum absolute atomic E-state index is 0.0811. The van der Waals surface area contributed by atoms with Crippen molar-refractivity contribution in [2.24, 2.45) is 0 Å². The summed E-state index contributed by atoms with van der Waals surface area (Å²) >= 11 is 12.3. The average molecular weight is 480 g/mol. The zero-order valence-electron chi connectivity index (χ0n) is 17.6. The lowest BCUT2D eigenvalue weighted by molar-refractivity contribution is 0.0992. The number of aryl methyl sites for hydroxylation is 1. The van der Waals surface area contributed by atoms with Crippen molar-refractivity contribution in [3.8, 4) is 5.75 Å². The van der Waals surface area contributed by atoms with E-state index in [1.165, 1.54) is 6.07 Å². The molecular weight excluding hydrogens is 461 g/mol. The normalized spacial score (nSPS) is 10.6. The Hall–Kier alpha value is -3.54. The quantitative estimate of drug-likeness (QED) is 0.291. The molecule has 166 valence electrons. The fourth-order valence-corrected chi connectivity index (χ4v) is 3.71. The van der Waals surface area contributed by atoms with E-state index in [-0.39, 0.29) is 23.7 Å². The van der Waals surface area contributed by atoms with Gasteiger partial charge in [0.15, 0.2) is 11.5 Å². The third-order valence-electron chi connectivity index (χ3n) is 4.92. The predicted octanol–water partition coefficient (Wildman–Crippen LogP) is 6.96. The van der Waals surface area contributed by atoms with Gasteiger partial charge in [0.1, 0.15) is 18.1 Å². The van der Waals surface area contributed by atoms with E-state index in [2.05, 4.69) is 5.32 Å². The Morgan fingerprint density at radius 2 is 1.73 bits per heavy atom. The van der Waals surface area contributed by atoms with Crippen LogP contribution in [0.2, 0.25) is 10.0 Å². The van der Waals surface area contributed by atoms with Crippen LogP contribution in [-0.2, 0) is 6.61 Å². The van der Waals surface area contributed by atoms with Crippen LogP contribution in [0.15, 0.2) is 83.3 Å². The second-order valence-corrected chi connectivity index (χ2v) is 8.12. The number of halogens is 2. The van der Waals surface area contributed by atoms with E-state index in [9.17, 15) is 9.59 Å². The smallest absolute Gasteiger partial charge is 0.291 e. The number of carbonyl (C=O) groups is 2. The Bertz CT molecular complexity index is 1290. The molecule has 1 heterocycles. The molecule has 1 aromatic heterocycles. The standard InChI is InChI=1S/C26H19Cl2NO4/c1-16-6-5-9-21(28)25(16)32-15-19-11-13-23(33-19)26(31)29-22-12-10-18(27)14-20(22)24(30)17-7-3-2-4-8-17/h2-14H,15H2,1H3,(H,29,31). The summed E-state index contributed by atoms with van der Waals surface area (Å²) in [5.74, 6) is 0.345. The maximum absolute atomic E-state index is 13.0. The van der Waals surface area contributed by atoms with Crippen LogP contribution in [0.25, 0.3) is 0 Å². The minimum atomic E-state index is -0.500. The first-order chi connectivity index (χ1) is 15.9.